The molecule has 0 aromatic carbocycles. The van der Waals surface area contributed by atoms with E-state index in [2.05, 4.69) is 0 Å². The number of likely N-dealkylation sites (tertiary alicyclic amines) is 1. The van der Waals surface area contributed by atoms with Crippen molar-refractivity contribution in [1.82, 2.24) is 4.90 Å². The SMILES string of the molecule is CC(C)(C)OC(=O)N1C[C@]2(C[C@H]1C(=O)O)CC2(F)F. The van der Waals surface area contributed by atoms with Crippen LogP contribution in [-0.4, -0.2) is 46.2 Å². The second kappa shape index (κ2) is 3.80. The predicted octanol–water partition coefficient (Wildman–Crippen LogP) is 2.11. The second-order valence-electron chi connectivity index (χ2n) is 6.33. The van der Waals surface area contributed by atoms with E-state index in [1.807, 2.05) is 0 Å². The summed E-state index contributed by atoms with van der Waals surface area (Å²) >= 11 is 0. The summed E-state index contributed by atoms with van der Waals surface area (Å²) in [5.74, 6) is -4.15. The van der Waals surface area contributed by atoms with Crippen LogP contribution >= 0.6 is 0 Å². The summed E-state index contributed by atoms with van der Waals surface area (Å²) in [6.07, 6.45) is -1.42. The summed E-state index contributed by atoms with van der Waals surface area (Å²) in [5, 5.41) is 9.07. The zero-order valence-corrected chi connectivity index (χ0v) is 11.1. The maximum absolute atomic E-state index is 13.3. The van der Waals surface area contributed by atoms with Crippen molar-refractivity contribution in [1.29, 1.82) is 0 Å². The summed E-state index contributed by atoms with van der Waals surface area (Å²) in [4.78, 5) is 23.9. The highest BCUT2D eigenvalue weighted by molar-refractivity contribution is 5.81. The van der Waals surface area contributed by atoms with Crippen LogP contribution < -0.4 is 0 Å². The molecule has 2 atom stereocenters. The molecule has 1 saturated carbocycles. The largest absolute Gasteiger partial charge is 0.480 e. The maximum atomic E-state index is 13.3. The number of nitrogens with zero attached hydrogens (tertiary/aromatic N) is 1. The molecule has 0 bridgehead atoms. The molecule has 1 heterocycles. The van der Waals surface area contributed by atoms with Gasteiger partial charge in [-0.3, -0.25) is 4.90 Å². The number of carboxylic acids is 1. The first-order valence-corrected chi connectivity index (χ1v) is 6.08. The monoisotopic (exact) mass is 277 g/mol. The van der Waals surface area contributed by atoms with Gasteiger partial charge in [-0.1, -0.05) is 0 Å². The van der Waals surface area contributed by atoms with Gasteiger partial charge in [-0.15, -0.1) is 0 Å². The number of carbonyl (C=O) groups is 2. The Morgan fingerprint density at radius 2 is 1.89 bits per heavy atom. The minimum atomic E-state index is -2.88. The topological polar surface area (TPSA) is 66.8 Å². The third-order valence-corrected chi connectivity index (χ3v) is 3.56. The lowest BCUT2D eigenvalue weighted by molar-refractivity contribution is -0.142. The Bertz CT molecular complexity index is 432. The van der Waals surface area contributed by atoms with E-state index < -0.39 is 35.0 Å². The van der Waals surface area contributed by atoms with Crippen LogP contribution in [0, 0.1) is 5.41 Å². The van der Waals surface area contributed by atoms with Gasteiger partial charge in [0.2, 0.25) is 0 Å². The molecule has 108 valence electrons. The summed E-state index contributed by atoms with van der Waals surface area (Å²) in [6, 6.07) is -1.23. The number of aliphatic carboxylic acids is 1. The van der Waals surface area contributed by atoms with Crippen molar-refractivity contribution in [3.63, 3.8) is 0 Å². The Morgan fingerprint density at radius 1 is 1.37 bits per heavy atom. The van der Waals surface area contributed by atoms with Crippen molar-refractivity contribution in [2.24, 2.45) is 5.41 Å². The normalized spacial score (nSPS) is 32.5. The van der Waals surface area contributed by atoms with E-state index in [4.69, 9.17) is 9.84 Å². The molecule has 0 radical (unpaired) electrons. The highest BCUT2D eigenvalue weighted by Gasteiger charge is 2.75. The molecule has 1 spiro atoms. The van der Waals surface area contributed by atoms with Crippen LogP contribution in [0.1, 0.15) is 33.6 Å². The lowest BCUT2D eigenvalue weighted by Gasteiger charge is -2.26. The molecule has 0 unspecified atom stereocenters. The van der Waals surface area contributed by atoms with Gasteiger partial charge in [-0.05, 0) is 27.2 Å². The predicted molar refractivity (Wildman–Crippen MR) is 61.0 cm³/mol. The molecule has 0 aromatic heterocycles. The van der Waals surface area contributed by atoms with Crippen LogP contribution in [0.5, 0.6) is 0 Å². The first kappa shape index (κ1) is 14.0. The molecule has 2 fully saturated rings. The minimum Gasteiger partial charge on any atom is -0.480 e. The van der Waals surface area contributed by atoms with Gasteiger partial charge in [-0.25, -0.2) is 18.4 Å². The number of carboxylic acid groups (broad SMARTS) is 1. The lowest BCUT2D eigenvalue weighted by Crippen LogP contribution is -2.43. The summed E-state index contributed by atoms with van der Waals surface area (Å²) in [6.45, 7) is 4.65. The van der Waals surface area contributed by atoms with Crippen LogP contribution in [0.4, 0.5) is 13.6 Å². The first-order valence-electron chi connectivity index (χ1n) is 6.08. The van der Waals surface area contributed by atoms with Gasteiger partial charge in [0.25, 0.3) is 5.92 Å². The van der Waals surface area contributed by atoms with Gasteiger partial charge < -0.3 is 9.84 Å². The van der Waals surface area contributed by atoms with Gasteiger partial charge in [0.15, 0.2) is 0 Å². The minimum absolute atomic E-state index is 0.214. The Labute approximate surface area is 109 Å². The number of hydrogen-bond acceptors (Lipinski definition) is 3. The zero-order valence-electron chi connectivity index (χ0n) is 11.1. The van der Waals surface area contributed by atoms with Crippen molar-refractivity contribution < 1.29 is 28.2 Å². The van der Waals surface area contributed by atoms with Crippen molar-refractivity contribution in [2.75, 3.05) is 6.54 Å². The molecule has 2 aliphatic rings. The van der Waals surface area contributed by atoms with Crippen molar-refractivity contribution in [3.8, 4) is 0 Å². The molecule has 7 heteroatoms. The van der Waals surface area contributed by atoms with Crippen LogP contribution in [0.25, 0.3) is 0 Å². The van der Waals surface area contributed by atoms with Gasteiger partial charge >= 0.3 is 12.1 Å². The Morgan fingerprint density at radius 3 is 2.26 bits per heavy atom. The van der Waals surface area contributed by atoms with Crippen molar-refractivity contribution in [2.45, 2.75) is 51.2 Å². The number of halogens is 2. The Balaban J connectivity index is 2.15. The molecule has 1 N–H and O–H groups in total. The number of amides is 1. The van der Waals surface area contributed by atoms with E-state index in [1.54, 1.807) is 20.8 Å². The number of alkyl halides is 2. The van der Waals surface area contributed by atoms with E-state index in [1.165, 1.54) is 0 Å². The van der Waals surface area contributed by atoms with Crippen LogP contribution in [0.2, 0.25) is 0 Å². The van der Waals surface area contributed by atoms with Gasteiger partial charge in [0, 0.05) is 13.0 Å². The van der Waals surface area contributed by atoms with Crippen LogP contribution in [0.3, 0.4) is 0 Å². The molecule has 1 saturated heterocycles. The quantitative estimate of drug-likeness (QED) is 0.797. The first-order chi connectivity index (χ1) is 8.47. The highest BCUT2D eigenvalue weighted by atomic mass is 19.3. The second-order valence-corrected chi connectivity index (χ2v) is 6.33. The third-order valence-electron chi connectivity index (χ3n) is 3.56. The van der Waals surface area contributed by atoms with Gasteiger partial charge in [-0.2, -0.15) is 0 Å². The van der Waals surface area contributed by atoms with E-state index in [0.29, 0.717) is 0 Å². The third kappa shape index (κ3) is 2.37. The molecule has 1 amide bonds. The van der Waals surface area contributed by atoms with Crippen LogP contribution in [-0.2, 0) is 9.53 Å². The summed E-state index contributed by atoms with van der Waals surface area (Å²) in [5.41, 5.74) is -2.16. The molecule has 1 aliphatic heterocycles. The van der Waals surface area contributed by atoms with Crippen LogP contribution in [0.15, 0.2) is 0 Å². The Kier molecular flexibility index (Phi) is 2.80. The molecule has 0 aromatic rings. The Hall–Kier alpha value is -1.40. The van der Waals surface area contributed by atoms with E-state index in [-0.39, 0.29) is 19.4 Å². The van der Waals surface area contributed by atoms with Crippen molar-refractivity contribution >= 4 is 12.1 Å². The van der Waals surface area contributed by atoms with Gasteiger partial charge in [0.1, 0.15) is 11.6 Å². The maximum Gasteiger partial charge on any atom is 0.411 e. The standard InChI is InChI=1S/C12H17F2NO4/c1-10(2,3)19-9(18)15-6-11(5-12(11,13)14)4-7(15)8(16)17/h7H,4-6H2,1-3H3,(H,16,17)/t7-,11-/m0/s1. The molecule has 19 heavy (non-hydrogen) atoms. The number of rotatable bonds is 1. The molecular weight excluding hydrogens is 260 g/mol. The fourth-order valence-corrected chi connectivity index (χ4v) is 2.49. The van der Waals surface area contributed by atoms with E-state index in [0.717, 1.165) is 4.90 Å². The average Bonchev–Trinajstić information content (AvgIpc) is 2.55. The fourth-order valence-electron chi connectivity index (χ4n) is 2.49. The van der Waals surface area contributed by atoms with E-state index >= 15 is 0 Å². The number of ether oxygens (including phenoxy) is 1. The molecular formula is C12H17F2NO4. The van der Waals surface area contributed by atoms with E-state index in [9.17, 15) is 18.4 Å². The molecule has 5 nitrogen and oxygen atoms in total. The molecule has 1 aliphatic carbocycles. The summed E-state index contributed by atoms with van der Waals surface area (Å²) < 4.78 is 31.7. The molecule has 2 rings (SSSR count). The number of carbonyl (C=O) groups excluding carboxylic acids is 1. The van der Waals surface area contributed by atoms with Gasteiger partial charge in [0.05, 0.1) is 5.41 Å². The fraction of sp³-hybridized carbons (Fsp3) is 0.833. The zero-order chi connectivity index (χ0) is 14.6. The summed E-state index contributed by atoms with van der Waals surface area (Å²) in [7, 11) is 0. The number of hydrogen-bond donors (Lipinski definition) is 1. The van der Waals surface area contributed by atoms with Crippen molar-refractivity contribution in [3.05, 3.63) is 0 Å². The smallest absolute Gasteiger partial charge is 0.411 e. The average molecular weight is 277 g/mol. The lowest BCUT2D eigenvalue weighted by atomic mass is 10.0. The highest BCUT2D eigenvalue weighted by Crippen LogP contribution is 2.66.